The number of hydrogen-bond acceptors (Lipinski definition) is 6. The minimum Gasteiger partial charge on any atom is -0.448 e. The van der Waals surface area contributed by atoms with Crippen molar-refractivity contribution < 1.29 is 14.3 Å². The highest BCUT2D eigenvalue weighted by Gasteiger charge is 2.22. The molecule has 1 N–H and O–H groups in total. The van der Waals surface area contributed by atoms with Gasteiger partial charge in [0.1, 0.15) is 5.01 Å². The lowest BCUT2D eigenvalue weighted by molar-refractivity contribution is -0.129. The van der Waals surface area contributed by atoms with E-state index in [-0.39, 0.29) is 17.6 Å². The molecule has 2 heterocycles. The van der Waals surface area contributed by atoms with Gasteiger partial charge in [0.25, 0.3) is 5.91 Å². The lowest BCUT2D eigenvalue weighted by atomic mass is 10.1. The number of benzene rings is 1. The Hall–Kier alpha value is -3.06. The quantitative estimate of drug-likeness (QED) is 0.660. The first-order valence-electron chi connectivity index (χ1n) is 8.48. The van der Waals surface area contributed by atoms with Crippen molar-refractivity contribution in [1.82, 2.24) is 15.3 Å². The average molecular weight is 381 g/mol. The first-order chi connectivity index (χ1) is 13.0. The second kappa shape index (κ2) is 8.55. The molecule has 0 spiro atoms. The fourth-order valence-electron chi connectivity index (χ4n) is 2.40. The van der Waals surface area contributed by atoms with Crippen molar-refractivity contribution in [2.75, 3.05) is 0 Å². The van der Waals surface area contributed by atoms with Crippen molar-refractivity contribution in [2.24, 2.45) is 0 Å². The SMILES string of the molecule is C[C@H](NC(=O)[C@@H](C)OC(=O)c1csc(-c2ccccn2)n1)c1ccccc1. The van der Waals surface area contributed by atoms with E-state index in [0.29, 0.717) is 10.7 Å². The molecule has 2 aromatic heterocycles. The molecular weight excluding hydrogens is 362 g/mol. The molecule has 7 heteroatoms. The van der Waals surface area contributed by atoms with Gasteiger partial charge in [-0.1, -0.05) is 36.4 Å². The largest absolute Gasteiger partial charge is 0.448 e. The Morgan fingerprint density at radius 3 is 2.52 bits per heavy atom. The van der Waals surface area contributed by atoms with E-state index in [1.165, 1.54) is 18.3 Å². The van der Waals surface area contributed by atoms with Crippen LogP contribution < -0.4 is 5.32 Å². The maximum Gasteiger partial charge on any atom is 0.358 e. The number of pyridine rings is 1. The standard InChI is InChI=1S/C20H19N3O3S/c1-13(15-8-4-3-5-9-15)22-18(24)14(2)26-20(25)17-12-27-19(23-17)16-10-6-7-11-21-16/h3-14H,1-2H3,(H,22,24)/t13-,14+/m0/s1. The molecule has 0 radical (unpaired) electrons. The highest BCUT2D eigenvalue weighted by Crippen LogP contribution is 2.22. The predicted octanol–water partition coefficient (Wildman–Crippen LogP) is 3.63. The number of hydrogen-bond donors (Lipinski definition) is 1. The van der Waals surface area contributed by atoms with Gasteiger partial charge in [-0.25, -0.2) is 9.78 Å². The van der Waals surface area contributed by atoms with Gasteiger partial charge in [-0.3, -0.25) is 9.78 Å². The van der Waals surface area contributed by atoms with Crippen LogP contribution in [0.25, 0.3) is 10.7 Å². The van der Waals surface area contributed by atoms with E-state index in [2.05, 4.69) is 15.3 Å². The highest BCUT2D eigenvalue weighted by atomic mass is 32.1. The number of thiazole rings is 1. The molecular formula is C20H19N3O3S. The van der Waals surface area contributed by atoms with Crippen molar-refractivity contribution in [3.05, 3.63) is 71.4 Å². The van der Waals surface area contributed by atoms with E-state index in [1.807, 2.05) is 55.5 Å². The molecule has 27 heavy (non-hydrogen) atoms. The van der Waals surface area contributed by atoms with Gasteiger partial charge in [0.15, 0.2) is 11.8 Å². The van der Waals surface area contributed by atoms with Gasteiger partial charge in [0.2, 0.25) is 0 Å². The lowest BCUT2D eigenvalue weighted by Gasteiger charge is -2.18. The highest BCUT2D eigenvalue weighted by molar-refractivity contribution is 7.13. The van der Waals surface area contributed by atoms with Gasteiger partial charge in [-0.05, 0) is 31.5 Å². The fourth-order valence-corrected chi connectivity index (χ4v) is 3.17. The smallest absolute Gasteiger partial charge is 0.358 e. The van der Waals surface area contributed by atoms with Crippen LogP contribution in [0.3, 0.4) is 0 Å². The molecule has 6 nitrogen and oxygen atoms in total. The Bertz CT molecular complexity index is 912. The number of ether oxygens (including phenoxy) is 1. The van der Waals surface area contributed by atoms with Gasteiger partial charge < -0.3 is 10.1 Å². The third-order valence-electron chi connectivity index (χ3n) is 3.91. The van der Waals surface area contributed by atoms with Crippen molar-refractivity contribution in [1.29, 1.82) is 0 Å². The Labute approximate surface area is 161 Å². The summed E-state index contributed by atoms with van der Waals surface area (Å²) < 4.78 is 5.26. The molecule has 3 rings (SSSR count). The second-order valence-electron chi connectivity index (χ2n) is 5.94. The van der Waals surface area contributed by atoms with Gasteiger partial charge in [-0.15, -0.1) is 11.3 Å². The summed E-state index contributed by atoms with van der Waals surface area (Å²) in [6, 6.07) is 14.9. The molecule has 1 aromatic carbocycles. The molecule has 0 saturated heterocycles. The van der Waals surface area contributed by atoms with Gasteiger partial charge in [0, 0.05) is 11.6 Å². The lowest BCUT2D eigenvalue weighted by Crippen LogP contribution is -2.37. The average Bonchev–Trinajstić information content (AvgIpc) is 3.19. The Balaban J connectivity index is 1.59. The van der Waals surface area contributed by atoms with Crippen LogP contribution in [-0.4, -0.2) is 27.9 Å². The molecule has 0 unspecified atom stereocenters. The third-order valence-corrected chi connectivity index (χ3v) is 4.77. The number of amides is 1. The van der Waals surface area contributed by atoms with Gasteiger partial charge in [0.05, 0.1) is 11.7 Å². The molecule has 3 aromatic rings. The van der Waals surface area contributed by atoms with E-state index in [9.17, 15) is 9.59 Å². The zero-order valence-corrected chi connectivity index (χ0v) is 15.8. The summed E-state index contributed by atoms with van der Waals surface area (Å²) in [6.45, 7) is 3.42. The van der Waals surface area contributed by atoms with E-state index < -0.39 is 12.1 Å². The minimum absolute atomic E-state index is 0.163. The number of esters is 1. The van der Waals surface area contributed by atoms with Crippen LogP contribution in [0, 0.1) is 0 Å². The summed E-state index contributed by atoms with van der Waals surface area (Å²) in [5.41, 5.74) is 1.82. The Morgan fingerprint density at radius 1 is 1.07 bits per heavy atom. The van der Waals surface area contributed by atoms with E-state index in [4.69, 9.17) is 4.74 Å². The van der Waals surface area contributed by atoms with Gasteiger partial charge >= 0.3 is 5.97 Å². The monoisotopic (exact) mass is 381 g/mol. The molecule has 0 saturated carbocycles. The molecule has 0 aliphatic heterocycles. The van der Waals surface area contributed by atoms with Crippen molar-refractivity contribution in [2.45, 2.75) is 26.0 Å². The van der Waals surface area contributed by atoms with Crippen LogP contribution >= 0.6 is 11.3 Å². The topological polar surface area (TPSA) is 81.2 Å². The van der Waals surface area contributed by atoms with Crippen LogP contribution in [0.1, 0.15) is 35.9 Å². The summed E-state index contributed by atoms with van der Waals surface area (Å²) in [4.78, 5) is 33.0. The third kappa shape index (κ3) is 4.77. The number of rotatable bonds is 6. The van der Waals surface area contributed by atoms with Crippen LogP contribution in [0.5, 0.6) is 0 Å². The van der Waals surface area contributed by atoms with Crippen molar-refractivity contribution in [3.63, 3.8) is 0 Å². The van der Waals surface area contributed by atoms with E-state index in [0.717, 1.165) is 5.56 Å². The zero-order valence-electron chi connectivity index (χ0n) is 15.0. The second-order valence-corrected chi connectivity index (χ2v) is 6.80. The number of carbonyl (C=O) groups is 2. The van der Waals surface area contributed by atoms with Crippen molar-refractivity contribution >= 4 is 23.2 Å². The predicted molar refractivity (Wildman–Crippen MR) is 103 cm³/mol. The summed E-state index contributed by atoms with van der Waals surface area (Å²) in [7, 11) is 0. The molecule has 0 bridgehead atoms. The minimum atomic E-state index is -0.927. The van der Waals surface area contributed by atoms with E-state index in [1.54, 1.807) is 11.6 Å². The number of carbonyl (C=O) groups excluding carboxylic acids is 2. The summed E-state index contributed by atoms with van der Waals surface area (Å²) in [5, 5.41) is 5.06. The molecule has 0 aliphatic rings. The first kappa shape index (κ1) is 18.7. The summed E-state index contributed by atoms with van der Waals surface area (Å²) in [5.74, 6) is -0.997. The van der Waals surface area contributed by atoms with Crippen LogP contribution in [0.15, 0.2) is 60.1 Å². The Morgan fingerprint density at radius 2 is 1.81 bits per heavy atom. The van der Waals surface area contributed by atoms with Crippen LogP contribution in [-0.2, 0) is 9.53 Å². The number of nitrogens with zero attached hydrogens (tertiary/aromatic N) is 2. The molecule has 2 atom stereocenters. The first-order valence-corrected chi connectivity index (χ1v) is 9.36. The van der Waals surface area contributed by atoms with Crippen LogP contribution in [0.2, 0.25) is 0 Å². The summed E-state index contributed by atoms with van der Waals surface area (Å²) >= 11 is 1.30. The maximum atomic E-state index is 12.3. The maximum absolute atomic E-state index is 12.3. The Kier molecular flexibility index (Phi) is 5.93. The van der Waals surface area contributed by atoms with Crippen LogP contribution in [0.4, 0.5) is 0 Å². The normalized spacial score (nSPS) is 12.8. The number of nitrogens with one attached hydrogen (secondary N) is 1. The molecule has 0 fully saturated rings. The number of aromatic nitrogens is 2. The van der Waals surface area contributed by atoms with Crippen molar-refractivity contribution in [3.8, 4) is 10.7 Å². The fraction of sp³-hybridized carbons (Fsp3) is 0.200. The molecule has 1 amide bonds. The zero-order chi connectivity index (χ0) is 19.2. The van der Waals surface area contributed by atoms with E-state index >= 15 is 0 Å². The molecule has 0 aliphatic carbocycles. The molecule has 138 valence electrons. The summed E-state index contributed by atoms with van der Waals surface area (Å²) in [6.07, 6.45) is 0.735. The van der Waals surface area contributed by atoms with Gasteiger partial charge in [-0.2, -0.15) is 0 Å².